The molecule has 1 N–H and O–H groups in total. The van der Waals surface area contributed by atoms with Crippen molar-refractivity contribution in [2.45, 2.75) is 32.2 Å². The van der Waals surface area contributed by atoms with Gasteiger partial charge in [-0.3, -0.25) is 9.78 Å². The molecule has 1 aliphatic heterocycles. The van der Waals surface area contributed by atoms with E-state index in [2.05, 4.69) is 10.3 Å². The molecule has 1 aromatic carbocycles. The third-order valence-electron chi connectivity index (χ3n) is 4.56. The molecule has 1 amide bonds. The van der Waals surface area contributed by atoms with Gasteiger partial charge in [0.05, 0.1) is 16.8 Å². The smallest absolute Gasteiger partial charge is 0.253 e. The molecule has 2 aromatic rings. The minimum atomic E-state index is -3.18. The van der Waals surface area contributed by atoms with Gasteiger partial charge in [-0.05, 0) is 37.5 Å². The number of pyridine rings is 1. The molecule has 2 heterocycles. The van der Waals surface area contributed by atoms with Gasteiger partial charge in [0.1, 0.15) is 0 Å². The lowest BCUT2D eigenvalue weighted by Gasteiger charge is -2.31. The molecule has 0 bridgehead atoms. The maximum atomic E-state index is 12.7. The van der Waals surface area contributed by atoms with Crippen molar-refractivity contribution >= 4 is 38.4 Å². The van der Waals surface area contributed by atoms with E-state index in [4.69, 9.17) is 11.6 Å². The van der Waals surface area contributed by atoms with Gasteiger partial charge >= 0.3 is 0 Å². The molecule has 140 valence electrons. The van der Waals surface area contributed by atoms with Crippen LogP contribution in [0.3, 0.4) is 0 Å². The predicted octanol–water partition coefficient (Wildman–Crippen LogP) is 2.82. The molecule has 1 fully saturated rings. The van der Waals surface area contributed by atoms with E-state index in [0.717, 1.165) is 5.39 Å². The van der Waals surface area contributed by atoms with E-state index < -0.39 is 10.0 Å². The highest BCUT2D eigenvalue weighted by molar-refractivity contribution is 7.89. The molecule has 1 aromatic heterocycles. The highest BCUT2D eigenvalue weighted by atomic mass is 35.5. The molecule has 3 rings (SSSR count). The topological polar surface area (TPSA) is 79.4 Å². The van der Waals surface area contributed by atoms with Crippen molar-refractivity contribution in [1.82, 2.24) is 14.6 Å². The van der Waals surface area contributed by atoms with Crippen molar-refractivity contribution < 1.29 is 13.2 Å². The molecular formula is C18H22ClN3O3S. The van der Waals surface area contributed by atoms with Gasteiger partial charge in [-0.1, -0.05) is 24.6 Å². The third kappa shape index (κ3) is 4.16. The van der Waals surface area contributed by atoms with E-state index in [0.29, 0.717) is 48.5 Å². The van der Waals surface area contributed by atoms with Gasteiger partial charge in [0.15, 0.2) is 0 Å². The average molecular weight is 396 g/mol. The fourth-order valence-corrected chi connectivity index (χ4v) is 5.03. The summed E-state index contributed by atoms with van der Waals surface area (Å²) in [5, 5.41) is 4.29. The summed E-state index contributed by atoms with van der Waals surface area (Å²) in [6.07, 6.45) is 3.44. The number of nitrogens with zero attached hydrogens (tertiary/aromatic N) is 2. The fourth-order valence-electron chi connectivity index (χ4n) is 3.26. The number of hydrogen-bond acceptors (Lipinski definition) is 4. The van der Waals surface area contributed by atoms with Crippen LogP contribution >= 0.6 is 11.6 Å². The molecule has 1 saturated heterocycles. The number of carbonyl (C=O) groups excluding carboxylic acids is 1. The van der Waals surface area contributed by atoms with Crippen LogP contribution in [0.25, 0.3) is 10.9 Å². The van der Waals surface area contributed by atoms with Crippen LogP contribution in [0.1, 0.15) is 36.5 Å². The number of sulfonamides is 1. The molecule has 1 aliphatic rings. The van der Waals surface area contributed by atoms with Crippen LogP contribution < -0.4 is 5.32 Å². The number of benzene rings is 1. The van der Waals surface area contributed by atoms with E-state index in [1.165, 1.54) is 4.31 Å². The minimum Gasteiger partial charge on any atom is -0.349 e. The number of piperidine rings is 1. The number of aromatic nitrogens is 1. The quantitative estimate of drug-likeness (QED) is 0.844. The zero-order chi connectivity index (χ0) is 18.7. The van der Waals surface area contributed by atoms with Gasteiger partial charge in [0.2, 0.25) is 10.0 Å². The van der Waals surface area contributed by atoms with Crippen LogP contribution in [-0.2, 0) is 10.0 Å². The Hall–Kier alpha value is -1.70. The number of halogens is 1. The summed E-state index contributed by atoms with van der Waals surface area (Å²) in [6.45, 7) is 2.72. The minimum absolute atomic E-state index is 0.0617. The summed E-state index contributed by atoms with van der Waals surface area (Å²) < 4.78 is 25.8. The standard InChI is InChI=1S/C18H22ClN3O3S/c1-2-10-26(24,25)22-8-5-15(6-9-22)21-18(23)16-12-14(19)11-13-4-3-7-20-17(13)16/h3-4,7,11-12,15H,2,5-6,8-10H2,1H3,(H,21,23). The summed E-state index contributed by atoms with van der Waals surface area (Å²) in [6, 6.07) is 6.99. The van der Waals surface area contributed by atoms with E-state index in [-0.39, 0.29) is 17.7 Å². The average Bonchev–Trinajstić information content (AvgIpc) is 2.61. The molecule has 0 aliphatic carbocycles. The van der Waals surface area contributed by atoms with Crippen LogP contribution in [0.2, 0.25) is 5.02 Å². The van der Waals surface area contributed by atoms with Crippen molar-refractivity contribution in [2.75, 3.05) is 18.8 Å². The van der Waals surface area contributed by atoms with Crippen LogP contribution in [0.15, 0.2) is 30.5 Å². The molecule has 0 spiro atoms. The molecule has 26 heavy (non-hydrogen) atoms. The normalized spacial score (nSPS) is 16.7. The Balaban J connectivity index is 1.69. The Morgan fingerprint density at radius 3 is 2.77 bits per heavy atom. The molecule has 0 saturated carbocycles. The summed E-state index contributed by atoms with van der Waals surface area (Å²) >= 11 is 6.13. The Morgan fingerprint density at radius 2 is 2.08 bits per heavy atom. The molecule has 6 nitrogen and oxygen atoms in total. The van der Waals surface area contributed by atoms with E-state index in [1.54, 1.807) is 24.4 Å². The van der Waals surface area contributed by atoms with Gasteiger partial charge in [0.25, 0.3) is 5.91 Å². The van der Waals surface area contributed by atoms with Crippen molar-refractivity contribution in [3.63, 3.8) is 0 Å². The molecule has 0 radical (unpaired) electrons. The Kier molecular flexibility index (Phi) is 5.79. The van der Waals surface area contributed by atoms with Crippen molar-refractivity contribution in [1.29, 1.82) is 0 Å². The van der Waals surface area contributed by atoms with Crippen molar-refractivity contribution in [2.24, 2.45) is 0 Å². The number of rotatable bonds is 5. The predicted molar refractivity (Wildman–Crippen MR) is 103 cm³/mol. The van der Waals surface area contributed by atoms with Gasteiger partial charge < -0.3 is 5.32 Å². The molecular weight excluding hydrogens is 374 g/mol. The van der Waals surface area contributed by atoms with Crippen LogP contribution in [-0.4, -0.2) is 48.5 Å². The first-order chi connectivity index (χ1) is 12.4. The van der Waals surface area contributed by atoms with Crippen LogP contribution in [0.4, 0.5) is 0 Å². The maximum absolute atomic E-state index is 12.7. The molecule has 0 atom stereocenters. The van der Waals surface area contributed by atoms with Crippen molar-refractivity contribution in [3.05, 3.63) is 41.0 Å². The first-order valence-electron chi connectivity index (χ1n) is 8.73. The van der Waals surface area contributed by atoms with Crippen molar-refractivity contribution in [3.8, 4) is 0 Å². The van der Waals surface area contributed by atoms with Gasteiger partial charge in [-0.15, -0.1) is 0 Å². The lowest BCUT2D eigenvalue weighted by molar-refractivity contribution is 0.0925. The summed E-state index contributed by atoms with van der Waals surface area (Å²) in [4.78, 5) is 17.0. The Morgan fingerprint density at radius 1 is 1.35 bits per heavy atom. The summed E-state index contributed by atoms with van der Waals surface area (Å²) in [5.41, 5.74) is 1.05. The van der Waals surface area contributed by atoms with Crippen LogP contribution in [0.5, 0.6) is 0 Å². The van der Waals surface area contributed by atoms with Gasteiger partial charge in [-0.2, -0.15) is 0 Å². The SMILES string of the molecule is CCCS(=O)(=O)N1CCC(NC(=O)c2cc(Cl)cc3cccnc23)CC1. The number of fused-ring (bicyclic) bond motifs is 1. The number of hydrogen-bond donors (Lipinski definition) is 1. The third-order valence-corrected chi connectivity index (χ3v) is 6.85. The van der Waals surface area contributed by atoms with Gasteiger partial charge in [-0.25, -0.2) is 12.7 Å². The number of carbonyl (C=O) groups is 1. The van der Waals surface area contributed by atoms with E-state index >= 15 is 0 Å². The zero-order valence-corrected chi connectivity index (χ0v) is 16.2. The lowest BCUT2D eigenvalue weighted by Crippen LogP contribution is -2.47. The Bertz CT molecular complexity index is 909. The Labute approximate surface area is 158 Å². The summed E-state index contributed by atoms with van der Waals surface area (Å²) in [7, 11) is -3.18. The fraction of sp³-hybridized carbons (Fsp3) is 0.444. The summed E-state index contributed by atoms with van der Waals surface area (Å²) in [5.74, 6) is -0.0597. The second-order valence-corrected chi connectivity index (χ2v) is 9.02. The second-order valence-electron chi connectivity index (χ2n) is 6.49. The highest BCUT2D eigenvalue weighted by Gasteiger charge is 2.28. The zero-order valence-electron chi connectivity index (χ0n) is 14.6. The first-order valence-corrected chi connectivity index (χ1v) is 10.7. The lowest BCUT2D eigenvalue weighted by atomic mass is 10.0. The number of nitrogens with one attached hydrogen (secondary N) is 1. The van der Waals surface area contributed by atoms with Gasteiger partial charge in [0, 0.05) is 35.7 Å². The molecule has 0 unspecified atom stereocenters. The second kappa shape index (κ2) is 7.90. The van der Waals surface area contributed by atoms with E-state index in [1.807, 2.05) is 13.0 Å². The van der Waals surface area contributed by atoms with E-state index in [9.17, 15) is 13.2 Å². The molecule has 8 heteroatoms. The largest absolute Gasteiger partial charge is 0.349 e. The maximum Gasteiger partial charge on any atom is 0.253 e. The van der Waals surface area contributed by atoms with Crippen LogP contribution in [0, 0.1) is 0 Å². The monoisotopic (exact) mass is 395 g/mol. The highest BCUT2D eigenvalue weighted by Crippen LogP contribution is 2.23. The first kappa shape index (κ1) is 19.1. The number of amides is 1.